The Morgan fingerprint density at radius 3 is 2.44 bits per heavy atom. The van der Waals surface area contributed by atoms with E-state index in [4.69, 9.17) is 30.5 Å². The maximum Gasteiger partial charge on any atom is 0.305 e. The van der Waals surface area contributed by atoms with Crippen LogP contribution >= 0.6 is 11.6 Å². The van der Waals surface area contributed by atoms with Crippen LogP contribution in [0.4, 0.5) is 4.39 Å². The van der Waals surface area contributed by atoms with E-state index in [-0.39, 0.29) is 17.9 Å². The van der Waals surface area contributed by atoms with Crippen molar-refractivity contribution < 1.29 is 28.1 Å². The highest BCUT2D eigenvalue weighted by molar-refractivity contribution is 6.30. The molecule has 0 aliphatic rings. The summed E-state index contributed by atoms with van der Waals surface area (Å²) in [6, 6.07) is 16.7. The molecule has 3 aromatic rings. The maximum atomic E-state index is 13.2. The fourth-order valence-corrected chi connectivity index (χ4v) is 3.45. The molecule has 0 aliphatic carbocycles. The van der Waals surface area contributed by atoms with Crippen molar-refractivity contribution in [2.75, 3.05) is 13.7 Å². The Morgan fingerprint density at radius 2 is 1.74 bits per heavy atom. The zero-order valence-electron chi connectivity index (χ0n) is 19.5. The zero-order valence-corrected chi connectivity index (χ0v) is 20.2. The number of hydrogen-bond acceptors (Lipinski definition) is 5. The third-order valence-electron chi connectivity index (χ3n) is 5.21. The molecule has 0 aromatic heterocycles. The van der Waals surface area contributed by atoms with Gasteiger partial charge in [-0.15, -0.1) is 0 Å². The van der Waals surface area contributed by atoms with E-state index in [2.05, 4.69) is 0 Å². The molecule has 0 amide bonds. The van der Waals surface area contributed by atoms with Crippen molar-refractivity contribution >= 4 is 17.6 Å². The van der Waals surface area contributed by atoms with Crippen molar-refractivity contribution in [3.8, 4) is 23.0 Å². The molecule has 3 rings (SSSR count). The van der Waals surface area contributed by atoms with Crippen LogP contribution in [0.15, 0.2) is 60.7 Å². The summed E-state index contributed by atoms with van der Waals surface area (Å²) in [6.07, 6.45) is 1.47. The Hall–Kier alpha value is -3.25. The zero-order chi connectivity index (χ0) is 24.5. The lowest BCUT2D eigenvalue weighted by molar-refractivity contribution is -0.140. The molecule has 0 radical (unpaired) electrons. The molecule has 5 nitrogen and oxygen atoms in total. The van der Waals surface area contributed by atoms with Gasteiger partial charge in [-0.2, -0.15) is 0 Å². The summed E-state index contributed by atoms with van der Waals surface area (Å²) in [6.45, 7) is 4.40. The number of ether oxygens (including phenoxy) is 4. The monoisotopic (exact) mass is 486 g/mol. The minimum Gasteiger partial charge on any atom is -0.493 e. The van der Waals surface area contributed by atoms with Gasteiger partial charge in [0.05, 0.1) is 19.8 Å². The minimum absolute atomic E-state index is 0.155. The first kappa shape index (κ1) is 25.4. The van der Waals surface area contributed by atoms with Crippen LogP contribution in [0.1, 0.15) is 30.9 Å². The number of esters is 1. The third kappa shape index (κ3) is 7.66. The third-order valence-corrected chi connectivity index (χ3v) is 5.44. The van der Waals surface area contributed by atoms with E-state index < -0.39 is 0 Å². The van der Waals surface area contributed by atoms with Gasteiger partial charge in [-0.3, -0.25) is 4.79 Å². The van der Waals surface area contributed by atoms with Crippen LogP contribution in [0.5, 0.6) is 23.0 Å². The van der Waals surface area contributed by atoms with Gasteiger partial charge in [-0.05, 0) is 79.9 Å². The van der Waals surface area contributed by atoms with E-state index in [0.29, 0.717) is 48.1 Å². The van der Waals surface area contributed by atoms with Crippen molar-refractivity contribution in [3.05, 3.63) is 82.6 Å². The molecule has 34 heavy (non-hydrogen) atoms. The SMILES string of the molecule is COC(=O)CCc1ccc(OCCC(C)Oc2ccc(Cl)cc2Oc2ccc(F)cc2)cc1C. The van der Waals surface area contributed by atoms with Crippen molar-refractivity contribution in [2.24, 2.45) is 0 Å². The Balaban J connectivity index is 1.53. The smallest absolute Gasteiger partial charge is 0.305 e. The van der Waals surface area contributed by atoms with Gasteiger partial charge >= 0.3 is 5.97 Å². The number of benzene rings is 3. The van der Waals surface area contributed by atoms with Crippen molar-refractivity contribution in [1.82, 2.24) is 0 Å². The first-order valence-electron chi connectivity index (χ1n) is 11.0. The summed E-state index contributed by atoms with van der Waals surface area (Å²) in [5.74, 6) is 1.67. The molecule has 1 unspecified atom stereocenters. The number of carbonyl (C=O) groups is 1. The molecular weight excluding hydrogens is 459 g/mol. The highest BCUT2D eigenvalue weighted by Gasteiger charge is 2.13. The standard InChI is InChI=1S/C27H28ClFO5/c1-18-16-24(9-4-20(18)5-13-27(30)31-3)32-15-14-19(2)33-25-12-6-21(28)17-26(25)34-23-10-7-22(29)8-11-23/h4,6-12,16-17,19H,5,13-15H2,1-3H3. The summed E-state index contributed by atoms with van der Waals surface area (Å²) in [7, 11) is 1.39. The molecule has 3 aromatic carbocycles. The first-order valence-corrected chi connectivity index (χ1v) is 11.4. The van der Waals surface area contributed by atoms with E-state index in [9.17, 15) is 9.18 Å². The van der Waals surface area contributed by atoms with Gasteiger partial charge < -0.3 is 18.9 Å². The Kier molecular flexibility index (Phi) is 9.16. The van der Waals surface area contributed by atoms with Gasteiger partial charge in [-0.25, -0.2) is 4.39 Å². The van der Waals surface area contributed by atoms with Gasteiger partial charge in [0.2, 0.25) is 0 Å². The lowest BCUT2D eigenvalue weighted by atomic mass is 10.0. The van der Waals surface area contributed by atoms with E-state index in [1.54, 1.807) is 30.3 Å². The molecular formula is C27H28ClFO5. The second-order valence-electron chi connectivity index (χ2n) is 7.88. The van der Waals surface area contributed by atoms with E-state index in [1.807, 2.05) is 32.0 Å². The van der Waals surface area contributed by atoms with Crippen LogP contribution in [0, 0.1) is 12.7 Å². The summed E-state index contributed by atoms with van der Waals surface area (Å²) >= 11 is 6.12. The van der Waals surface area contributed by atoms with E-state index in [0.717, 1.165) is 16.9 Å². The van der Waals surface area contributed by atoms with Gasteiger partial charge in [0.1, 0.15) is 17.3 Å². The summed E-state index contributed by atoms with van der Waals surface area (Å²) in [5.41, 5.74) is 2.15. The molecule has 0 spiro atoms. The minimum atomic E-state index is -0.338. The quantitative estimate of drug-likeness (QED) is 0.275. The molecule has 7 heteroatoms. The number of hydrogen-bond donors (Lipinski definition) is 0. The normalized spacial score (nSPS) is 11.6. The molecule has 0 bridgehead atoms. The second kappa shape index (κ2) is 12.3. The van der Waals surface area contributed by atoms with Gasteiger partial charge in [0.25, 0.3) is 0 Å². The highest BCUT2D eigenvalue weighted by Crippen LogP contribution is 2.35. The van der Waals surface area contributed by atoms with Gasteiger partial charge in [-0.1, -0.05) is 17.7 Å². The van der Waals surface area contributed by atoms with Crippen LogP contribution in [-0.2, 0) is 16.0 Å². The summed E-state index contributed by atoms with van der Waals surface area (Å²) in [4.78, 5) is 11.4. The van der Waals surface area contributed by atoms with Crippen LogP contribution in [0.3, 0.4) is 0 Å². The number of carbonyl (C=O) groups excluding carboxylic acids is 1. The van der Waals surface area contributed by atoms with Crippen molar-refractivity contribution in [3.63, 3.8) is 0 Å². The molecule has 0 saturated heterocycles. The van der Waals surface area contributed by atoms with E-state index in [1.165, 1.54) is 19.2 Å². The molecule has 0 fully saturated rings. The predicted octanol–water partition coefficient (Wildman–Crippen LogP) is 6.92. The molecule has 0 saturated carbocycles. The number of methoxy groups -OCH3 is 1. The van der Waals surface area contributed by atoms with Gasteiger partial charge in [0, 0.05) is 23.9 Å². The van der Waals surface area contributed by atoms with Crippen LogP contribution in [0.2, 0.25) is 5.02 Å². The fourth-order valence-electron chi connectivity index (χ4n) is 3.28. The van der Waals surface area contributed by atoms with Crippen molar-refractivity contribution in [2.45, 2.75) is 39.2 Å². The van der Waals surface area contributed by atoms with E-state index >= 15 is 0 Å². The van der Waals surface area contributed by atoms with Crippen LogP contribution in [0.25, 0.3) is 0 Å². The van der Waals surface area contributed by atoms with Gasteiger partial charge in [0.15, 0.2) is 11.5 Å². The lowest BCUT2D eigenvalue weighted by Gasteiger charge is -2.18. The highest BCUT2D eigenvalue weighted by atomic mass is 35.5. The van der Waals surface area contributed by atoms with Crippen LogP contribution in [-0.4, -0.2) is 25.8 Å². The number of rotatable bonds is 11. The predicted molar refractivity (Wildman–Crippen MR) is 130 cm³/mol. The average molecular weight is 487 g/mol. The fraction of sp³-hybridized carbons (Fsp3) is 0.296. The topological polar surface area (TPSA) is 54.0 Å². The van der Waals surface area contributed by atoms with Crippen LogP contribution < -0.4 is 14.2 Å². The largest absolute Gasteiger partial charge is 0.493 e. The molecule has 0 N–H and O–H groups in total. The molecule has 180 valence electrons. The number of halogens is 2. The molecule has 0 heterocycles. The Bertz CT molecular complexity index is 1100. The number of aryl methyl sites for hydroxylation is 2. The summed E-state index contributed by atoms with van der Waals surface area (Å²) in [5, 5.41) is 0.505. The molecule has 1 atom stereocenters. The first-order chi connectivity index (χ1) is 16.3. The lowest BCUT2D eigenvalue weighted by Crippen LogP contribution is -2.16. The Labute approximate surface area is 204 Å². The second-order valence-corrected chi connectivity index (χ2v) is 8.31. The molecule has 0 aliphatic heterocycles. The maximum absolute atomic E-state index is 13.2. The Morgan fingerprint density at radius 1 is 1.00 bits per heavy atom. The van der Waals surface area contributed by atoms with Crippen molar-refractivity contribution in [1.29, 1.82) is 0 Å². The average Bonchev–Trinajstić information content (AvgIpc) is 2.81. The summed E-state index contributed by atoms with van der Waals surface area (Å²) < 4.78 is 35.7.